The number of carbonyl (C=O) groups is 2. The van der Waals surface area contributed by atoms with Crippen LogP contribution in [0.5, 0.6) is 0 Å². The molecule has 0 saturated carbocycles. The average molecular weight is 457 g/mol. The van der Waals surface area contributed by atoms with Gasteiger partial charge in [0.05, 0.1) is 16.8 Å². The lowest BCUT2D eigenvalue weighted by Crippen LogP contribution is -2.41. The van der Waals surface area contributed by atoms with E-state index in [9.17, 15) is 35.9 Å². The molecule has 0 N–H and O–H groups in total. The van der Waals surface area contributed by atoms with Crippen molar-refractivity contribution in [3.63, 3.8) is 0 Å². The molecule has 0 spiro atoms. The fraction of sp³-hybridized carbons (Fsp3) is 0.286. The van der Waals surface area contributed by atoms with Crippen LogP contribution in [0, 0.1) is 0 Å². The first-order valence-corrected chi connectivity index (χ1v) is 9.35. The van der Waals surface area contributed by atoms with Gasteiger partial charge < -0.3 is 4.90 Å². The van der Waals surface area contributed by atoms with Crippen LogP contribution in [0.15, 0.2) is 53.6 Å². The number of nitrogens with zero attached hydrogens (tertiary/aromatic N) is 3. The first kappa shape index (κ1) is 23.3. The Hall–Kier alpha value is -3.37. The first-order valence-electron chi connectivity index (χ1n) is 9.35. The third kappa shape index (κ3) is 5.27. The largest absolute Gasteiger partial charge is 0.416 e. The van der Waals surface area contributed by atoms with Crippen molar-refractivity contribution in [3.8, 4) is 0 Å². The van der Waals surface area contributed by atoms with Crippen molar-refractivity contribution >= 4 is 23.2 Å². The summed E-state index contributed by atoms with van der Waals surface area (Å²) in [6.07, 6.45) is -8.91. The van der Waals surface area contributed by atoms with E-state index in [2.05, 4.69) is 5.10 Å². The molecular weight excluding hydrogens is 440 g/mol. The van der Waals surface area contributed by atoms with E-state index in [0.29, 0.717) is 11.3 Å². The zero-order chi connectivity index (χ0) is 23.7. The normalized spacial score (nSPS) is 14.9. The SMILES string of the molecule is CN(C(=O)CN1N=C(c2ccc(C(F)(F)F)cc2)CCC1=O)c1cccc(C(F)(F)F)c1. The number of halogens is 6. The van der Waals surface area contributed by atoms with E-state index in [0.717, 1.165) is 40.2 Å². The Morgan fingerprint density at radius 2 is 1.59 bits per heavy atom. The minimum absolute atomic E-state index is 0.0128. The van der Waals surface area contributed by atoms with E-state index >= 15 is 0 Å². The number of benzene rings is 2. The lowest BCUT2D eigenvalue weighted by molar-refractivity contribution is -0.138. The van der Waals surface area contributed by atoms with E-state index in [4.69, 9.17) is 0 Å². The molecule has 0 saturated heterocycles. The predicted octanol–water partition coefficient (Wildman–Crippen LogP) is 4.71. The van der Waals surface area contributed by atoms with Crippen molar-refractivity contribution < 1.29 is 35.9 Å². The molecule has 0 aliphatic carbocycles. The van der Waals surface area contributed by atoms with Crippen LogP contribution in [-0.2, 0) is 21.9 Å². The molecular formula is C21H17F6N3O2. The standard InChI is InChI=1S/C21H17F6N3O2/c1-29(16-4-2-3-15(11-16)21(25,26)27)19(32)12-30-18(31)10-9-17(28-30)13-5-7-14(8-6-13)20(22,23)24/h2-8,11H,9-10,12H2,1H3. The second kappa shape index (κ2) is 8.64. The van der Waals surface area contributed by atoms with Crippen LogP contribution in [0.1, 0.15) is 29.5 Å². The highest BCUT2D eigenvalue weighted by molar-refractivity contribution is 6.05. The van der Waals surface area contributed by atoms with Gasteiger partial charge in [-0.05, 0) is 35.9 Å². The summed E-state index contributed by atoms with van der Waals surface area (Å²) < 4.78 is 77.0. The molecule has 1 heterocycles. The molecule has 0 radical (unpaired) electrons. The Kier molecular flexibility index (Phi) is 6.29. The number of amides is 2. The highest BCUT2D eigenvalue weighted by Crippen LogP contribution is 2.32. The second-order valence-corrected chi connectivity index (χ2v) is 7.07. The molecule has 1 aliphatic heterocycles. The maximum atomic E-state index is 12.9. The number of alkyl halides is 6. The smallest absolute Gasteiger partial charge is 0.314 e. The Morgan fingerprint density at radius 3 is 2.19 bits per heavy atom. The second-order valence-electron chi connectivity index (χ2n) is 7.07. The van der Waals surface area contributed by atoms with Crippen LogP contribution >= 0.6 is 0 Å². The van der Waals surface area contributed by atoms with Crippen molar-refractivity contribution in [1.29, 1.82) is 0 Å². The van der Waals surface area contributed by atoms with Gasteiger partial charge >= 0.3 is 12.4 Å². The molecule has 1 aliphatic rings. The molecule has 5 nitrogen and oxygen atoms in total. The van der Waals surface area contributed by atoms with Crippen molar-refractivity contribution in [2.75, 3.05) is 18.5 Å². The maximum absolute atomic E-state index is 12.9. The van der Waals surface area contributed by atoms with E-state index in [1.807, 2.05) is 0 Å². The van der Waals surface area contributed by atoms with Crippen LogP contribution in [0.4, 0.5) is 32.0 Å². The summed E-state index contributed by atoms with van der Waals surface area (Å²) in [5.74, 6) is -1.17. The Bertz CT molecular complexity index is 1040. The molecule has 0 unspecified atom stereocenters. The Balaban J connectivity index is 1.77. The van der Waals surface area contributed by atoms with Gasteiger partial charge in [-0.25, -0.2) is 5.01 Å². The summed E-state index contributed by atoms with van der Waals surface area (Å²) in [4.78, 5) is 25.7. The third-order valence-corrected chi connectivity index (χ3v) is 4.87. The number of hydrogen-bond donors (Lipinski definition) is 0. The first-order chi connectivity index (χ1) is 14.9. The topological polar surface area (TPSA) is 53.0 Å². The van der Waals surface area contributed by atoms with Crippen molar-refractivity contribution in [3.05, 3.63) is 65.2 Å². The van der Waals surface area contributed by atoms with E-state index < -0.39 is 41.8 Å². The number of anilines is 1. The number of hydrazone groups is 1. The monoisotopic (exact) mass is 457 g/mol. The summed E-state index contributed by atoms with van der Waals surface area (Å²) in [6, 6.07) is 8.41. The van der Waals surface area contributed by atoms with Crippen LogP contribution in [-0.4, -0.2) is 36.1 Å². The van der Waals surface area contributed by atoms with Crippen LogP contribution in [0.2, 0.25) is 0 Å². The molecule has 2 aromatic carbocycles. The lowest BCUT2D eigenvalue weighted by atomic mass is 10.0. The van der Waals surface area contributed by atoms with Gasteiger partial charge in [0, 0.05) is 25.6 Å². The van der Waals surface area contributed by atoms with Crippen molar-refractivity contribution in [2.45, 2.75) is 25.2 Å². The van der Waals surface area contributed by atoms with Crippen LogP contribution < -0.4 is 4.90 Å². The van der Waals surface area contributed by atoms with Crippen molar-refractivity contribution in [2.24, 2.45) is 5.10 Å². The fourth-order valence-corrected chi connectivity index (χ4v) is 3.05. The highest BCUT2D eigenvalue weighted by atomic mass is 19.4. The molecule has 0 bridgehead atoms. The molecule has 32 heavy (non-hydrogen) atoms. The van der Waals surface area contributed by atoms with Crippen LogP contribution in [0.3, 0.4) is 0 Å². The summed E-state index contributed by atoms with van der Waals surface area (Å²) in [5.41, 5.74) is -1.07. The number of rotatable bonds is 4. The average Bonchev–Trinajstić information content (AvgIpc) is 2.73. The van der Waals surface area contributed by atoms with Crippen LogP contribution in [0.25, 0.3) is 0 Å². The van der Waals surface area contributed by atoms with Gasteiger partial charge in [-0.15, -0.1) is 0 Å². The molecule has 170 valence electrons. The van der Waals surface area contributed by atoms with Gasteiger partial charge in [-0.3, -0.25) is 9.59 Å². The molecule has 2 aromatic rings. The summed E-state index contributed by atoms with van der Waals surface area (Å²) in [6.45, 7) is -0.532. The van der Waals surface area contributed by atoms with Gasteiger partial charge in [0.25, 0.3) is 0 Å². The van der Waals surface area contributed by atoms with E-state index in [-0.39, 0.29) is 18.5 Å². The number of hydrogen-bond acceptors (Lipinski definition) is 3. The minimum atomic E-state index is -4.58. The fourth-order valence-electron chi connectivity index (χ4n) is 3.05. The van der Waals surface area contributed by atoms with Gasteiger partial charge in [0.1, 0.15) is 6.54 Å². The number of likely N-dealkylation sites (N-methyl/N-ethyl adjacent to an activating group) is 1. The zero-order valence-corrected chi connectivity index (χ0v) is 16.7. The number of carbonyl (C=O) groups excluding carboxylic acids is 2. The van der Waals surface area contributed by atoms with Crippen molar-refractivity contribution in [1.82, 2.24) is 5.01 Å². The highest BCUT2D eigenvalue weighted by Gasteiger charge is 2.32. The van der Waals surface area contributed by atoms with Gasteiger partial charge in [-0.1, -0.05) is 18.2 Å². The Labute approximate surface area is 178 Å². The van der Waals surface area contributed by atoms with Gasteiger partial charge in [0.15, 0.2) is 0 Å². The van der Waals surface area contributed by atoms with Gasteiger partial charge in [0.2, 0.25) is 11.8 Å². The van der Waals surface area contributed by atoms with E-state index in [1.165, 1.54) is 25.2 Å². The summed E-state index contributed by atoms with van der Waals surface area (Å²) in [7, 11) is 1.27. The quantitative estimate of drug-likeness (QED) is 0.625. The summed E-state index contributed by atoms with van der Waals surface area (Å²) in [5, 5.41) is 4.97. The maximum Gasteiger partial charge on any atom is 0.416 e. The molecule has 11 heteroatoms. The zero-order valence-electron chi connectivity index (χ0n) is 16.7. The third-order valence-electron chi connectivity index (χ3n) is 4.87. The molecule has 0 aromatic heterocycles. The molecule has 0 atom stereocenters. The summed E-state index contributed by atoms with van der Waals surface area (Å²) >= 11 is 0. The predicted molar refractivity (Wildman–Crippen MR) is 104 cm³/mol. The molecule has 2 amide bonds. The molecule has 3 rings (SSSR count). The van der Waals surface area contributed by atoms with Gasteiger partial charge in [-0.2, -0.15) is 31.4 Å². The Morgan fingerprint density at radius 1 is 0.969 bits per heavy atom. The lowest BCUT2D eigenvalue weighted by Gasteiger charge is -2.26. The minimum Gasteiger partial charge on any atom is -0.314 e. The molecule has 0 fully saturated rings. The van der Waals surface area contributed by atoms with E-state index in [1.54, 1.807) is 0 Å².